The monoisotopic (exact) mass is 404 g/mol. The van der Waals surface area contributed by atoms with Crippen LogP contribution < -0.4 is 0 Å². The van der Waals surface area contributed by atoms with E-state index in [1.54, 1.807) is 5.56 Å². The molecule has 0 aromatic heterocycles. The van der Waals surface area contributed by atoms with E-state index in [4.69, 9.17) is 0 Å². The van der Waals surface area contributed by atoms with Crippen LogP contribution in [0, 0.1) is 46.3 Å². The Morgan fingerprint density at radius 1 is 0.633 bits per heavy atom. The third kappa shape index (κ3) is 2.63. The Balaban J connectivity index is 1.40. The summed E-state index contributed by atoms with van der Waals surface area (Å²) in [6.07, 6.45) is 17.9. The molecular formula is C29H40O. The molecule has 0 amide bonds. The Morgan fingerprint density at radius 2 is 0.967 bits per heavy atom. The highest BCUT2D eigenvalue weighted by atomic mass is 16.3. The summed E-state index contributed by atoms with van der Waals surface area (Å²) in [5, 5.41) is 10.8. The summed E-state index contributed by atoms with van der Waals surface area (Å²) in [5.41, 5.74) is 3.90. The van der Waals surface area contributed by atoms with E-state index in [1.165, 1.54) is 82.6 Å². The van der Waals surface area contributed by atoms with Crippen molar-refractivity contribution in [3.8, 4) is 0 Å². The van der Waals surface area contributed by atoms with Gasteiger partial charge in [-0.1, -0.05) is 24.3 Å². The standard InChI is InChI=1S/C29H40O/c1-18(30)25-4-2-3-5-26(25)27(28-12-19-6-20(13-28)8-21(7-19)14-28)29-15-22-9-23(16-29)11-24(10-22)17-29/h2-5,18-24,27,30H,6-17H2,1H3/t18-,19?,20?,21?,22?,23?,24?,27?,28?,29?/m0/s1. The molecule has 0 unspecified atom stereocenters. The summed E-state index contributed by atoms with van der Waals surface area (Å²) < 4.78 is 0. The van der Waals surface area contributed by atoms with E-state index in [9.17, 15) is 5.11 Å². The maximum atomic E-state index is 10.8. The fraction of sp³-hybridized carbons (Fsp3) is 0.793. The highest BCUT2D eigenvalue weighted by Crippen LogP contribution is 2.74. The average molecular weight is 405 g/mol. The van der Waals surface area contributed by atoms with Crippen LogP contribution in [0.25, 0.3) is 0 Å². The summed E-state index contributed by atoms with van der Waals surface area (Å²) in [6, 6.07) is 9.18. The molecule has 8 aliphatic rings. The Bertz CT molecular complexity index is 720. The van der Waals surface area contributed by atoms with Crippen LogP contribution in [0.15, 0.2) is 24.3 Å². The van der Waals surface area contributed by atoms with E-state index in [1.807, 2.05) is 6.92 Å². The van der Waals surface area contributed by atoms with Crippen LogP contribution in [0.5, 0.6) is 0 Å². The van der Waals surface area contributed by atoms with Gasteiger partial charge in [0.2, 0.25) is 0 Å². The lowest BCUT2D eigenvalue weighted by molar-refractivity contribution is -0.144. The van der Waals surface area contributed by atoms with Crippen LogP contribution in [0.1, 0.15) is 107 Å². The van der Waals surface area contributed by atoms with Gasteiger partial charge in [-0.3, -0.25) is 0 Å². The first kappa shape index (κ1) is 18.7. The van der Waals surface area contributed by atoms with E-state index in [2.05, 4.69) is 24.3 Å². The molecular weight excluding hydrogens is 364 g/mol. The predicted octanol–water partition coefficient (Wildman–Crippen LogP) is 7.26. The lowest BCUT2D eigenvalue weighted by Crippen LogP contribution is -2.57. The zero-order chi connectivity index (χ0) is 20.1. The number of hydrogen-bond donors (Lipinski definition) is 1. The summed E-state index contributed by atoms with van der Waals surface area (Å²) in [4.78, 5) is 0. The van der Waals surface area contributed by atoms with Crippen molar-refractivity contribution >= 4 is 0 Å². The molecule has 8 aliphatic carbocycles. The topological polar surface area (TPSA) is 20.2 Å². The van der Waals surface area contributed by atoms with E-state index >= 15 is 0 Å². The van der Waals surface area contributed by atoms with Gasteiger partial charge in [-0.25, -0.2) is 0 Å². The average Bonchev–Trinajstić information content (AvgIpc) is 2.65. The van der Waals surface area contributed by atoms with Crippen LogP contribution in [0.4, 0.5) is 0 Å². The second-order valence-electron chi connectivity index (χ2n) is 13.3. The quantitative estimate of drug-likeness (QED) is 0.560. The predicted molar refractivity (Wildman–Crippen MR) is 121 cm³/mol. The van der Waals surface area contributed by atoms with Crippen molar-refractivity contribution in [3.63, 3.8) is 0 Å². The smallest absolute Gasteiger partial charge is 0.0764 e. The summed E-state index contributed by atoms with van der Waals surface area (Å²) >= 11 is 0. The molecule has 1 aromatic rings. The third-order valence-electron chi connectivity index (χ3n) is 11.2. The molecule has 0 heterocycles. The molecule has 8 bridgehead atoms. The van der Waals surface area contributed by atoms with Gasteiger partial charge >= 0.3 is 0 Å². The van der Waals surface area contributed by atoms with E-state index < -0.39 is 0 Å². The minimum absolute atomic E-state index is 0.341. The van der Waals surface area contributed by atoms with Crippen LogP contribution in [0.2, 0.25) is 0 Å². The molecule has 1 heteroatoms. The molecule has 1 atom stereocenters. The molecule has 8 fully saturated rings. The molecule has 30 heavy (non-hydrogen) atoms. The van der Waals surface area contributed by atoms with Crippen LogP contribution in [-0.4, -0.2) is 5.11 Å². The van der Waals surface area contributed by atoms with Crippen molar-refractivity contribution in [3.05, 3.63) is 35.4 Å². The number of rotatable bonds is 4. The molecule has 162 valence electrons. The van der Waals surface area contributed by atoms with Crippen molar-refractivity contribution in [2.75, 3.05) is 0 Å². The normalized spacial score (nSPS) is 50.1. The first-order valence-electron chi connectivity index (χ1n) is 13.3. The fourth-order valence-electron chi connectivity index (χ4n) is 11.5. The largest absolute Gasteiger partial charge is 0.389 e. The van der Waals surface area contributed by atoms with Gasteiger partial charge in [0, 0.05) is 0 Å². The Labute approximate surface area is 183 Å². The molecule has 0 radical (unpaired) electrons. The van der Waals surface area contributed by atoms with Gasteiger partial charge < -0.3 is 5.11 Å². The van der Waals surface area contributed by atoms with Gasteiger partial charge in [-0.2, -0.15) is 0 Å². The number of aliphatic hydroxyl groups excluding tert-OH is 1. The van der Waals surface area contributed by atoms with Gasteiger partial charge in [0.15, 0.2) is 0 Å². The maximum absolute atomic E-state index is 10.8. The Kier molecular flexibility index (Phi) is 3.97. The zero-order valence-electron chi connectivity index (χ0n) is 18.9. The molecule has 0 aliphatic heterocycles. The first-order valence-corrected chi connectivity index (χ1v) is 13.3. The van der Waals surface area contributed by atoms with Crippen molar-refractivity contribution < 1.29 is 5.11 Å². The molecule has 0 spiro atoms. The fourth-order valence-corrected chi connectivity index (χ4v) is 11.5. The SMILES string of the molecule is C[C@H](O)c1ccccc1C(C12CC3CC(CC(C3)C1)C2)C12CC3CC(CC(C3)C1)C2. The van der Waals surface area contributed by atoms with Crippen molar-refractivity contribution in [1.29, 1.82) is 0 Å². The highest BCUT2D eigenvalue weighted by molar-refractivity contribution is 5.37. The van der Waals surface area contributed by atoms with E-state index in [-0.39, 0.29) is 6.10 Å². The summed E-state index contributed by atoms with van der Waals surface area (Å²) in [5.74, 6) is 6.74. The van der Waals surface area contributed by atoms with Crippen molar-refractivity contribution in [2.45, 2.75) is 96.0 Å². The molecule has 1 N–H and O–H groups in total. The van der Waals surface area contributed by atoms with E-state index in [0.29, 0.717) is 16.7 Å². The molecule has 0 saturated heterocycles. The second-order valence-corrected chi connectivity index (χ2v) is 13.3. The van der Waals surface area contributed by atoms with Gasteiger partial charge in [-0.15, -0.1) is 0 Å². The Hall–Kier alpha value is -0.820. The van der Waals surface area contributed by atoms with Crippen LogP contribution >= 0.6 is 0 Å². The maximum Gasteiger partial charge on any atom is 0.0764 e. The van der Waals surface area contributed by atoms with Crippen LogP contribution in [0.3, 0.4) is 0 Å². The minimum atomic E-state index is -0.341. The molecule has 9 rings (SSSR count). The first-order chi connectivity index (χ1) is 14.5. The zero-order valence-corrected chi connectivity index (χ0v) is 18.9. The van der Waals surface area contributed by atoms with E-state index in [0.717, 1.165) is 35.5 Å². The van der Waals surface area contributed by atoms with Gasteiger partial charge in [-0.05, 0) is 147 Å². The molecule has 8 saturated carbocycles. The van der Waals surface area contributed by atoms with Gasteiger partial charge in [0.05, 0.1) is 6.10 Å². The number of aliphatic hydroxyl groups is 1. The summed E-state index contributed by atoms with van der Waals surface area (Å²) in [6.45, 7) is 2.01. The lowest BCUT2D eigenvalue weighted by Gasteiger charge is -2.67. The lowest BCUT2D eigenvalue weighted by atomic mass is 9.37. The van der Waals surface area contributed by atoms with Crippen molar-refractivity contribution in [1.82, 2.24) is 0 Å². The molecule has 1 nitrogen and oxygen atoms in total. The van der Waals surface area contributed by atoms with Crippen molar-refractivity contribution in [2.24, 2.45) is 46.3 Å². The highest BCUT2D eigenvalue weighted by Gasteiger charge is 2.63. The number of benzene rings is 1. The molecule has 1 aromatic carbocycles. The second kappa shape index (κ2) is 6.37. The van der Waals surface area contributed by atoms with Crippen LogP contribution in [-0.2, 0) is 0 Å². The third-order valence-corrected chi connectivity index (χ3v) is 11.2. The Morgan fingerprint density at radius 3 is 1.30 bits per heavy atom. The minimum Gasteiger partial charge on any atom is -0.389 e. The van der Waals surface area contributed by atoms with Gasteiger partial charge in [0.1, 0.15) is 0 Å². The summed E-state index contributed by atoms with van der Waals surface area (Å²) in [7, 11) is 0. The number of hydrogen-bond acceptors (Lipinski definition) is 1. The van der Waals surface area contributed by atoms with Gasteiger partial charge in [0.25, 0.3) is 0 Å².